The number of aliphatic hydroxyl groups is 1. The molecule has 1 heterocycles. The number of nitrogens with zero attached hydrogens (tertiary/aromatic N) is 1. The van der Waals surface area contributed by atoms with Crippen LogP contribution in [0.4, 0.5) is 9.18 Å². The molecule has 0 aromatic heterocycles. The van der Waals surface area contributed by atoms with Gasteiger partial charge in [-0.15, -0.1) is 0 Å². The van der Waals surface area contributed by atoms with E-state index in [4.69, 9.17) is 0 Å². The minimum Gasteiger partial charge on any atom is -0.465 e. The third-order valence-electron chi connectivity index (χ3n) is 3.90. The van der Waals surface area contributed by atoms with Crippen molar-refractivity contribution in [3.8, 4) is 0 Å². The van der Waals surface area contributed by atoms with Crippen molar-refractivity contribution in [1.82, 2.24) is 4.90 Å². The molecule has 1 aliphatic rings. The number of benzene rings is 1. The van der Waals surface area contributed by atoms with E-state index >= 15 is 0 Å². The Kier molecular flexibility index (Phi) is 3.73. The summed E-state index contributed by atoms with van der Waals surface area (Å²) in [4.78, 5) is 12.7. The van der Waals surface area contributed by atoms with E-state index in [9.17, 15) is 19.4 Å². The third-order valence-corrected chi connectivity index (χ3v) is 3.90. The third kappa shape index (κ3) is 2.63. The van der Waals surface area contributed by atoms with E-state index in [1.54, 1.807) is 12.1 Å². The van der Waals surface area contributed by atoms with Gasteiger partial charge in [0.15, 0.2) is 0 Å². The number of rotatable bonds is 1. The summed E-state index contributed by atoms with van der Waals surface area (Å²) in [6.45, 7) is 5.95. The number of halogens is 1. The van der Waals surface area contributed by atoms with Gasteiger partial charge in [-0.1, -0.05) is 32.9 Å². The van der Waals surface area contributed by atoms with E-state index in [-0.39, 0.29) is 23.7 Å². The topological polar surface area (TPSA) is 60.8 Å². The fraction of sp³-hybridized carbons (Fsp3) is 0.533. The quantitative estimate of drug-likeness (QED) is 0.832. The standard InChI is InChI=1S/C15H20FNO3/c1-15(2,3)13-12(18)11(8-17(13)14(19)20)9-4-6-10(16)7-5-9/h4-7,11-13,18H,8H2,1-3H3,(H,19,20)/t11-,12-,13?/m0/s1. The smallest absolute Gasteiger partial charge is 0.407 e. The summed E-state index contributed by atoms with van der Waals surface area (Å²) in [5, 5.41) is 19.9. The second-order valence-corrected chi connectivity index (χ2v) is 6.39. The van der Waals surface area contributed by atoms with Crippen LogP contribution in [0.3, 0.4) is 0 Å². The minimum atomic E-state index is -1.03. The van der Waals surface area contributed by atoms with Gasteiger partial charge in [-0.3, -0.25) is 0 Å². The van der Waals surface area contributed by atoms with E-state index in [0.29, 0.717) is 0 Å². The van der Waals surface area contributed by atoms with Crippen LogP contribution < -0.4 is 0 Å². The molecule has 2 N–H and O–H groups in total. The highest BCUT2D eigenvalue weighted by molar-refractivity contribution is 5.66. The summed E-state index contributed by atoms with van der Waals surface area (Å²) < 4.78 is 13.0. The maximum Gasteiger partial charge on any atom is 0.407 e. The number of amides is 1. The van der Waals surface area contributed by atoms with Gasteiger partial charge in [0.05, 0.1) is 12.1 Å². The molecule has 1 amide bonds. The molecule has 0 saturated carbocycles. The Labute approximate surface area is 117 Å². The van der Waals surface area contributed by atoms with Crippen molar-refractivity contribution in [3.05, 3.63) is 35.6 Å². The Bertz CT molecular complexity index is 495. The van der Waals surface area contributed by atoms with Gasteiger partial charge in [-0.05, 0) is 23.1 Å². The van der Waals surface area contributed by atoms with Gasteiger partial charge in [0, 0.05) is 12.5 Å². The lowest BCUT2D eigenvalue weighted by Crippen LogP contribution is -2.47. The fourth-order valence-electron chi connectivity index (χ4n) is 3.03. The molecule has 2 rings (SSSR count). The Morgan fingerprint density at radius 2 is 1.85 bits per heavy atom. The molecule has 1 aliphatic heterocycles. The fourth-order valence-corrected chi connectivity index (χ4v) is 3.03. The summed E-state index contributed by atoms with van der Waals surface area (Å²) in [5.41, 5.74) is 0.393. The molecular weight excluding hydrogens is 261 g/mol. The second kappa shape index (κ2) is 5.05. The maximum absolute atomic E-state index is 13.0. The largest absolute Gasteiger partial charge is 0.465 e. The molecule has 0 bridgehead atoms. The number of carboxylic acid groups (broad SMARTS) is 1. The average molecular weight is 281 g/mol. The molecule has 0 aliphatic carbocycles. The highest BCUT2D eigenvalue weighted by Crippen LogP contribution is 2.40. The average Bonchev–Trinajstić information content (AvgIpc) is 2.68. The van der Waals surface area contributed by atoms with E-state index in [1.165, 1.54) is 17.0 Å². The molecule has 5 heteroatoms. The molecule has 0 spiro atoms. The number of hydrogen-bond donors (Lipinski definition) is 2. The van der Waals surface area contributed by atoms with Crippen molar-refractivity contribution in [1.29, 1.82) is 0 Å². The molecule has 1 saturated heterocycles. The van der Waals surface area contributed by atoms with Crippen molar-refractivity contribution in [2.75, 3.05) is 6.54 Å². The van der Waals surface area contributed by atoms with Crippen molar-refractivity contribution in [2.45, 2.75) is 38.8 Å². The maximum atomic E-state index is 13.0. The first-order valence-corrected chi connectivity index (χ1v) is 6.65. The van der Waals surface area contributed by atoms with Gasteiger partial charge in [-0.25, -0.2) is 9.18 Å². The molecule has 1 unspecified atom stereocenters. The highest BCUT2D eigenvalue weighted by Gasteiger charge is 2.48. The van der Waals surface area contributed by atoms with Gasteiger partial charge in [-0.2, -0.15) is 0 Å². The normalized spacial score (nSPS) is 26.9. The summed E-state index contributed by atoms with van der Waals surface area (Å²) in [6, 6.07) is 5.40. The second-order valence-electron chi connectivity index (χ2n) is 6.39. The van der Waals surface area contributed by atoms with Gasteiger partial charge in [0.25, 0.3) is 0 Å². The molecule has 3 atom stereocenters. The number of carbonyl (C=O) groups is 1. The molecular formula is C15H20FNO3. The van der Waals surface area contributed by atoms with Crippen LogP contribution in [0.1, 0.15) is 32.3 Å². The molecule has 1 aromatic rings. The van der Waals surface area contributed by atoms with Crippen LogP contribution in [0.25, 0.3) is 0 Å². The summed E-state index contributed by atoms with van der Waals surface area (Å²) in [5.74, 6) is -0.667. The summed E-state index contributed by atoms with van der Waals surface area (Å²) >= 11 is 0. The lowest BCUT2D eigenvalue weighted by Gasteiger charge is -2.35. The van der Waals surface area contributed by atoms with Crippen LogP contribution in [0.5, 0.6) is 0 Å². The van der Waals surface area contributed by atoms with Crippen molar-refractivity contribution < 1.29 is 19.4 Å². The SMILES string of the molecule is CC(C)(C)C1[C@@H](O)[C@H](c2ccc(F)cc2)CN1C(=O)O. The van der Waals surface area contributed by atoms with Crippen LogP contribution in [0.2, 0.25) is 0 Å². The van der Waals surface area contributed by atoms with E-state index in [2.05, 4.69) is 0 Å². The first kappa shape index (κ1) is 14.8. The highest BCUT2D eigenvalue weighted by atomic mass is 19.1. The van der Waals surface area contributed by atoms with Gasteiger partial charge >= 0.3 is 6.09 Å². The zero-order valence-corrected chi connectivity index (χ0v) is 11.9. The Morgan fingerprint density at radius 1 is 1.30 bits per heavy atom. The lowest BCUT2D eigenvalue weighted by atomic mass is 9.80. The predicted molar refractivity (Wildman–Crippen MR) is 73.1 cm³/mol. The molecule has 20 heavy (non-hydrogen) atoms. The lowest BCUT2D eigenvalue weighted by molar-refractivity contribution is 0.0424. The molecule has 1 aromatic carbocycles. The first-order valence-electron chi connectivity index (χ1n) is 6.65. The molecule has 110 valence electrons. The van der Waals surface area contributed by atoms with Crippen LogP contribution in [0.15, 0.2) is 24.3 Å². The number of hydrogen-bond acceptors (Lipinski definition) is 2. The van der Waals surface area contributed by atoms with Crippen molar-refractivity contribution >= 4 is 6.09 Å². The van der Waals surface area contributed by atoms with Crippen molar-refractivity contribution in [2.24, 2.45) is 5.41 Å². The summed E-state index contributed by atoms with van der Waals surface area (Å²) in [7, 11) is 0. The van der Waals surface area contributed by atoms with Crippen LogP contribution in [-0.2, 0) is 0 Å². The first-order chi connectivity index (χ1) is 9.21. The van der Waals surface area contributed by atoms with Crippen LogP contribution in [0, 0.1) is 11.2 Å². The Balaban J connectivity index is 2.34. The number of aliphatic hydroxyl groups excluding tert-OH is 1. The molecule has 1 fully saturated rings. The number of likely N-dealkylation sites (tertiary alicyclic amines) is 1. The zero-order chi connectivity index (χ0) is 15.1. The minimum absolute atomic E-state index is 0.226. The van der Waals surface area contributed by atoms with E-state index < -0.39 is 18.2 Å². The van der Waals surface area contributed by atoms with Gasteiger partial charge in [0.2, 0.25) is 0 Å². The Hall–Kier alpha value is -1.62. The van der Waals surface area contributed by atoms with Crippen molar-refractivity contribution in [3.63, 3.8) is 0 Å². The van der Waals surface area contributed by atoms with Crippen LogP contribution in [-0.4, -0.2) is 39.9 Å². The molecule has 0 radical (unpaired) electrons. The molecule has 4 nitrogen and oxygen atoms in total. The van der Waals surface area contributed by atoms with Crippen LogP contribution >= 0.6 is 0 Å². The van der Waals surface area contributed by atoms with Gasteiger partial charge < -0.3 is 15.1 Å². The van der Waals surface area contributed by atoms with Gasteiger partial charge in [0.1, 0.15) is 5.82 Å². The zero-order valence-electron chi connectivity index (χ0n) is 11.9. The predicted octanol–water partition coefficient (Wildman–Crippen LogP) is 2.68. The summed E-state index contributed by atoms with van der Waals surface area (Å²) in [6.07, 6.45) is -1.83. The van der Waals surface area contributed by atoms with E-state index in [1.807, 2.05) is 20.8 Å². The monoisotopic (exact) mass is 281 g/mol. The Morgan fingerprint density at radius 3 is 2.25 bits per heavy atom. The van der Waals surface area contributed by atoms with E-state index in [0.717, 1.165) is 5.56 Å².